The summed E-state index contributed by atoms with van der Waals surface area (Å²) in [5.74, 6) is 1.18. The first kappa shape index (κ1) is 5.24. The van der Waals surface area contributed by atoms with Crippen LogP contribution in [-0.4, -0.2) is 23.4 Å². The molecule has 1 aliphatic rings. The minimum Gasteiger partial charge on any atom is -0.385 e. The number of hydrogen-bond donors (Lipinski definition) is 2. The van der Waals surface area contributed by atoms with E-state index >= 15 is 0 Å². The highest BCUT2D eigenvalue weighted by molar-refractivity contribution is 5.97. The van der Waals surface area contributed by atoms with E-state index in [2.05, 4.69) is 15.5 Å². The average molecular weight is 113 g/mol. The Morgan fingerprint density at radius 3 is 2.88 bits per heavy atom. The van der Waals surface area contributed by atoms with Crippen LogP contribution in [0.1, 0.15) is 6.92 Å². The number of nitrogens with zero attached hydrogens (tertiary/aromatic N) is 2. The van der Waals surface area contributed by atoms with E-state index in [0.29, 0.717) is 5.84 Å². The van der Waals surface area contributed by atoms with Crippen molar-refractivity contribution in [2.45, 2.75) is 6.92 Å². The molecule has 1 radical (unpaired) electrons. The number of amidine groups is 2. The molecule has 2 N–H and O–H groups in total. The second-order valence-electron chi connectivity index (χ2n) is 1.50. The van der Waals surface area contributed by atoms with Crippen LogP contribution in [0, 0.1) is 0 Å². The normalized spacial score (nSPS) is 17.2. The van der Waals surface area contributed by atoms with E-state index in [4.69, 9.17) is 5.11 Å². The third kappa shape index (κ3) is 0.840. The average Bonchev–Trinajstić information content (AvgIpc) is 2.14. The molecule has 0 unspecified atom stereocenters. The van der Waals surface area contributed by atoms with Crippen LogP contribution in [0.3, 0.4) is 0 Å². The van der Waals surface area contributed by atoms with Gasteiger partial charge in [-0.1, -0.05) is 4.99 Å². The van der Waals surface area contributed by atoms with E-state index in [1.54, 1.807) is 6.92 Å². The van der Waals surface area contributed by atoms with Crippen LogP contribution in [0.5, 0.6) is 0 Å². The zero-order chi connectivity index (χ0) is 5.98. The van der Waals surface area contributed by atoms with Crippen molar-refractivity contribution in [3.8, 4) is 0 Å². The van der Waals surface area contributed by atoms with Gasteiger partial charge in [0.05, 0.1) is 0 Å². The summed E-state index contributed by atoms with van der Waals surface area (Å²) in [6, 6.07) is 0. The Morgan fingerprint density at radius 2 is 2.62 bits per heavy atom. The molecular weight excluding hydrogens is 106 g/mol. The number of aliphatic hydroxyl groups is 1. The SMILES string of the molecule is CC1=[N+]C(CO)=NN1. The lowest BCUT2D eigenvalue weighted by molar-refractivity contribution is 0.355. The number of aliphatic hydroxyl groups excluding tert-OH is 1. The van der Waals surface area contributed by atoms with Gasteiger partial charge in [-0.2, -0.15) is 0 Å². The van der Waals surface area contributed by atoms with Crippen molar-refractivity contribution in [1.82, 2.24) is 10.4 Å². The summed E-state index contributed by atoms with van der Waals surface area (Å²) in [5, 5.41) is 12.1. The van der Waals surface area contributed by atoms with Crippen molar-refractivity contribution in [2.75, 3.05) is 6.61 Å². The lowest BCUT2D eigenvalue weighted by Gasteiger charge is -1.69. The maximum absolute atomic E-state index is 8.41. The van der Waals surface area contributed by atoms with Crippen LogP contribution in [0.4, 0.5) is 0 Å². The van der Waals surface area contributed by atoms with Gasteiger partial charge in [0.1, 0.15) is 6.61 Å². The highest BCUT2D eigenvalue weighted by atomic mass is 16.3. The van der Waals surface area contributed by atoms with Gasteiger partial charge in [0.2, 0.25) is 0 Å². The van der Waals surface area contributed by atoms with Crippen LogP contribution in [0.25, 0.3) is 0 Å². The van der Waals surface area contributed by atoms with E-state index in [0.717, 1.165) is 5.84 Å². The molecule has 0 aromatic rings. The fourth-order valence-corrected chi connectivity index (χ4v) is 0.460. The molecule has 1 rings (SSSR count). The molecular formula is C4H7N3O+. The van der Waals surface area contributed by atoms with E-state index in [1.165, 1.54) is 0 Å². The number of aliphatic imine (C=N–C) groups is 1. The van der Waals surface area contributed by atoms with Gasteiger partial charge in [0.25, 0.3) is 5.84 Å². The molecule has 0 spiro atoms. The molecule has 1 aliphatic heterocycles. The lowest BCUT2D eigenvalue weighted by atomic mass is 10.6. The summed E-state index contributed by atoms with van der Waals surface area (Å²) in [4.78, 5) is 3.81. The molecule has 0 aromatic heterocycles. The van der Waals surface area contributed by atoms with Gasteiger partial charge >= 0.3 is 5.84 Å². The molecule has 4 heteroatoms. The topological polar surface area (TPSA) is 58.7 Å². The maximum atomic E-state index is 8.41. The second-order valence-corrected chi connectivity index (χ2v) is 1.50. The van der Waals surface area contributed by atoms with Gasteiger partial charge in [-0.3, -0.25) is 0 Å². The molecule has 4 nitrogen and oxygen atoms in total. The summed E-state index contributed by atoms with van der Waals surface area (Å²) in [5.41, 5.74) is 2.60. The number of nitrogens with one attached hydrogen (secondary N) is 1. The summed E-state index contributed by atoms with van der Waals surface area (Å²) < 4.78 is 0. The minimum atomic E-state index is -0.0929. The van der Waals surface area contributed by atoms with Crippen molar-refractivity contribution in [3.05, 3.63) is 0 Å². The van der Waals surface area contributed by atoms with E-state index < -0.39 is 0 Å². The summed E-state index contributed by atoms with van der Waals surface area (Å²) in [7, 11) is 0. The fourth-order valence-electron chi connectivity index (χ4n) is 0.460. The predicted molar refractivity (Wildman–Crippen MR) is 30.5 cm³/mol. The molecule has 1 heterocycles. The smallest absolute Gasteiger partial charge is 0.336 e. The fraction of sp³-hybridized carbons (Fsp3) is 0.500. The molecule has 0 aromatic carbocycles. The number of hydrogen-bond acceptors (Lipinski definition) is 4. The molecule has 0 amide bonds. The summed E-state index contributed by atoms with van der Waals surface area (Å²) >= 11 is 0. The third-order valence-electron chi connectivity index (χ3n) is 0.785. The second kappa shape index (κ2) is 1.92. The van der Waals surface area contributed by atoms with Gasteiger partial charge in [-0.25, -0.2) is 0 Å². The molecule has 0 atom stereocenters. The van der Waals surface area contributed by atoms with E-state index in [1.807, 2.05) is 0 Å². The van der Waals surface area contributed by atoms with Crippen LogP contribution in [0.2, 0.25) is 0 Å². The van der Waals surface area contributed by atoms with Gasteiger partial charge in [-0.05, 0) is 0 Å². The van der Waals surface area contributed by atoms with E-state index in [9.17, 15) is 0 Å². The van der Waals surface area contributed by atoms with Crippen LogP contribution in [-0.2, 0) is 0 Å². The lowest BCUT2D eigenvalue weighted by Crippen LogP contribution is -2.12. The zero-order valence-corrected chi connectivity index (χ0v) is 4.55. The Morgan fingerprint density at radius 1 is 1.88 bits per heavy atom. The largest absolute Gasteiger partial charge is 0.385 e. The van der Waals surface area contributed by atoms with Crippen molar-refractivity contribution in [2.24, 2.45) is 5.10 Å². The first-order chi connectivity index (χ1) is 3.83. The number of rotatable bonds is 1. The monoisotopic (exact) mass is 113 g/mol. The van der Waals surface area contributed by atoms with Crippen molar-refractivity contribution in [1.29, 1.82) is 0 Å². The van der Waals surface area contributed by atoms with E-state index in [-0.39, 0.29) is 6.61 Å². The maximum Gasteiger partial charge on any atom is 0.336 e. The Bertz CT molecular complexity index is 149. The van der Waals surface area contributed by atoms with Gasteiger partial charge in [0.15, 0.2) is 0 Å². The first-order valence-electron chi connectivity index (χ1n) is 2.31. The Hall–Kier alpha value is -0.900. The molecule has 0 bridgehead atoms. The molecule has 8 heavy (non-hydrogen) atoms. The van der Waals surface area contributed by atoms with Crippen molar-refractivity contribution >= 4 is 11.7 Å². The predicted octanol–water partition coefficient (Wildman–Crippen LogP) is -1.35. The molecule has 43 valence electrons. The molecule has 0 saturated heterocycles. The van der Waals surface area contributed by atoms with Gasteiger partial charge < -0.3 is 5.11 Å². The quantitative estimate of drug-likeness (QED) is 0.441. The first-order valence-corrected chi connectivity index (χ1v) is 2.31. The zero-order valence-electron chi connectivity index (χ0n) is 4.55. The van der Waals surface area contributed by atoms with Gasteiger partial charge in [-0.15, -0.1) is 5.43 Å². The Kier molecular flexibility index (Phi) is 1.26. The van der Waals surface area contributed by atoms with Crippen molar-refractivity contribution in [3.63, 3.8) is 0 Å². The number of hydrazone groups is 1. The van der Waals surface area contributed by atoms with Gasteiger partial charge in [0, 0.05) is 12.0 Å². The minimum absolute atomic E-state index is 0.0929. The molecule has 0 aliphatic carbocycles. The summed E-state index contributed by atoms with van der Waals surface area (Å²) in [6.45, 7) is 1.69. The molecule has 0 fully saturated rings. The highest BCUT2D eigenvalue weighted by Gasteiger charge is 2.14. The Labute approximate surface area is 46.9 Å². The van der Waals surface area contributed by atoms with Crippen LogP contribution in [0.15, 0.2) is 5.10 Å². The Balaban J connectivity index is 2.58. The van der Waals surface area contributed by atoms with Crippen LogP contribution < -0.4 is 10.4 Å². The molecule has 0 saturated carbocycles. The standard InChI is InChI=1S/C4H7N3O/c1-3-5-4(2-8)7-6-3/h8H,2H2,1H3,(H,6,7)/q+1. The van der Waals surface area contributed by atoms with Crippen molar-refractivity contribution < 1.29 is 5.11 Å². The van der Waals surface area contributed by atoms with Crippen LogP contribution >= 0.6 is 0 Å². The summed E-state index contributed by atoms with van der Waals surface area (Å²) in [6.07, 6.45) is 0. The highest BCUT2D eigenvalue weighted by Crippen LogP contribution is 1.76. The third-order valence-corrected chi connectivity index (χ3v) is 0.785.